The first-order valence-corrected chi connectivity index (χ1v) is 10.9. The molecule has 30 heavy (non-hydrogen) atoms. The Balaban J connectivity index is 1.57. The van der Waals surface area contributed by atoms with Gasteiger partial charge in [0, 0.05) is 18.4 Å². The van der Waals surface area contributed by atoms with Crippen molar-refractivity contribution >= 4 is 29.0 Å². The number of nitrogens with one attached hydrogen (secondary N) is 2. The molecule has 1 amide bonds. The van der Waals surface area contributed by atoms with Gasteiger partial charge in [0.25, 0.3) is 0 Å². The molecule has 0 aliphatic carbocycles. The van der Waals surface area contributed by atoms with E-state index in [1.807, 2.05) is 29.8 Å². The fourth-order valence-corrected chi connectivity index (χ4v) is 3.81. The standard InChI is InChI=1S/C22H26FN5OS/c1-4-15-7-6-8-16(5-2)21(15)25-20(29)14-30-22-27-26-19(28(22)3)13-24-18-11-9-17(23)10-12-18/h6-12,24H,4-5,13-14H2,1-3H3,(H,25,29). The highest BCUT2D eigenvalue weighted by Crippen LogP contribution is 2.23. The lowest BCUT2D eigenvalue weighted by Crippen LogP contribution is -2.17. The maximum absolute atomic E-state index is 13.0. The molecule has 0 saturated carbocycles. The smallest absolute Gasteiger partial charge is 0.234 e. The van der Waals surface area contributed by atoms with Crippen molar-refractivity contribution in [2.45, 2.75) is 38.4 Å². The molecular weight excluding hydrogens is 401 g/mol. The van der Waals surface area contributed by atoms with Crippen molar-refractivity contribution in [3.05, 3.63) is 65.2 Å². The molecule has 0 saturated heterocycles. The van der Waals surface area contributed by atoms with Gasteiger partial charge in [-0.3, -0.25) is 4.79 Å². The summed E-state index contributed by atoms with van der Waals surface area (Å²) in [6.07, 6.45) is 1.73. The van der Waals surface area contributed by atoms with E-state index in [9.17, 15) is 9.18 Å². The zero-order valence-corrected chi connectivity index (χ0v) is 18.2. The zero-order chi connectivity index (χ0) is 21.5. The van der Waals surface area contributed by atoms with E-state index >= 15 is 0 Å². The Labute approximate surface area is 180 Å². The molecule has 6 nitrogen and oxygen atoms in total. The molecule has 0 fully saturated rings. The van der Waals surface area contributed by atoms with Gasteiger partial charge in [-0.2, -0.15) is 0 Å². The lowest BCUT2D eigenvalue weighted by atomic mass is 10.0. The second kappa shape index (κ2) is 10.2. The third-order valence-electron chi connectivity index (χ3n) is 4.82. The summed E-state index contributed by atoms with van der Waals surface area (Å²) in [5.41, 5.74) is 4.01. The fraction of sp³-hybridized carbons (Fsp3) is 0.318. The summed E-state index contributed by atoms with van der Waals surface area (Å²) < 4.78 is 14.9. The summed E-state index contributed by atoms with van der Waals surface area (Å²) in [6, 6.07) is 12.3. The number of thioether (sulfide) groups is 1. The Morgan fingerprint density at radius 3 is 2.37 bits per heavy atom. The summed E-state index contributed by atoms with van der Waals surface area (Å²) in [5.74, 6) is 0.638. The summed E-state index contributed by atoms with van der Waals surface area (Å²) in [6.45, 7) is 4.62. The second-order valence-electron chi connectivity index (χ2n) is 6.81. The first-order chi connectivity index (χ1) is 14.5. The number of amides is 1. The van der Waals surface area contributed by atoms with E-state index in [1.54, 1.807) is 12.1 Å². The number of aryl methyl sites for hydroxylation is 2. The topological polar surface area (TPSA) is 71.8 Å². The van der Waals surface area contributed by atoms with Crippen LogP contribution in [0.25, 0.3) is 0 Å². The molecule has 0 spiro atoms. The number of rotatable bonds is 9. The minimum absolute atomic E-state index is 0.0652. The first-order valence-electron chi connectivity index (χ1n) is 9.92. The summed E-state index contributed by atoms with van der Waals surface area (Å²) in [7, 11) is 1.86. The SMILES string of the molecule is CCc1cccc(CC)c1NC(=O)CSc1nnc(CNc2ccc(F)cc2)n1C. The molecule has 8 heteroatoms. The Morgan fingerprint density at radius 1 is 1.07 bits per heavy atom. The van der Waals surface area contributed by atoms with Crippen molar-refractivity contribution in [3.8, 4) is 0 Å². The number of carbonyl (C=O) groups is 1. The molecular formula is C22H26FN5OS. The Hall–Kier alpha value is -2.87. The van der Waals surface area contributed by atoms with Crippen molar-refractivity contribution < 1.29 is 9.18 Å². The first kappa shape index (κ1) is 21.8. The number of aromatic nitrogens is 3. The number of hydrogen-bond donors (Lipinski definition) is 2. The van der Waals surface area contributed by atoms with E-state index in [0.717, 1.165) is 41.2 Å². The molecule has 0 aliphatic heterocycles. The van der Waals surface area contributed by atoms with Crippen molar-refractivity contribution in [2.75, 3.05) is 16.4 Å². The third-order valence-corrected chi connectivity index (χ3v) is 5.84. The maximum atomic E-state index is 13.0. The van der Waals surface area contributed by atoms with Crippen LogP contribution in [0.3, 0.4) is 0 Å². The summed E-state index contributed by atoms with van der Waals surface area (Å²) in [5, 5.41) is 15.3. The van der Waals surface area contributed by atoms with Crippen molar-refractivity contribution in [1.29, 1.82) is 0 Å². The van der Waals surface area contributed by atoms with Crippen LogP contribution in [-0.2, 0) is 31.2 Å². The molecule has 0 atom stereocenters. The van der Waals surface area contributed by atoms with Crippen LogP contribution < -0.4 is 10.6 Å². The average molecular weight is 428 g/mol. The number of para-hydroxylation sites is 1. The van der Waals surface area contributed by atoms with Gasteiger partial charge >= 0.3 is 0 Å². The summed E-state index contributed by atoms with van der Waals surface area (Å²) >= 11 is 1.35. The van der Waals surface area contributed by atoms with Crippen LogP contribution in [0.15, 0.2) is 47.6 Å². The zero-order valence-electron chi connectivity index (χ0n) is 17.4. The van der Waals surface area contributed by atoms with E-state index in [1.165, 1.54) is 23.9 Å². The minimum Gasteiger partial charge on any atom is -0.378 e. The van der Waals surface area contributed by atoms with E-state index in [-0.39, 0.29) is 17.5 Å². The number of hydrogen-bond acceptors (Lipinski definition) is 5. The molecule has 0 unspecified atom stereocenters. The average Bonchev–Trinajstić information content (AvgIpc) is 3.11. The van der Waals surface area contributed by atoms with Crippen LogP contribution in [0.2, 0.25) is 0 Å². The van der Waals surface area contributed by atoms with Crippen LogP contribution in [0, 0.1) is 5.82 Å². The van der Waals surface area contributed by atoms with E-state index in [2.05, 4.69) is 34.7 Å². The van der Waals surface area contributed by atoms with Gasteiger partial charge in [0.2, 0.25) is 5.91 Å². The Bertz CT molecular complexity index is 981. The molecule has 2 N–H and O–H groups in total. The molecule has 2 aromatic carbocycles. The maximum Gasteiger partial charge on any atom is 0.234 e. The van der Waals surface area contributed by atoms with Gasteiger partial charge in [0.15, 0.2) is 11.0 Å². The molecule has 0 aliphatic rings. The fourth-order valence-electron chi connectivity index (χ4n) is 3.08. The summed E-state index contributed by atoms with van der Waals surface area (Å²) in [4.78, 5) is 12.5. The normalized spacial score (nSPS) is 10.8. The van der Waals surface area contributed by atoms with Gasteiger partial charge in [-0.15, -0.1) is 10.2 Å². The van der Waals surface area contributed by atoms with Gasteiger partial charge in [-0.05, 0) is 48.2 Å². The predicted molar refractivity (Wildman–Crippen MR) is 119 cm³/mol. The molecule has 3 rings (SSSR count). The van der Waals surface area contributed by atoms with Crippen LogP contribution in [0.4, 0.5) is 15.8 Å². The quantitative estimate of drug-likeness (QED) is 0.495. The van der Waals surface area contributed by atoms with Crippen molar-refractivity contribution in [1.82, 2.24) is 14.8 Å². The molecule has 0 bridgehead atoms. The molecule has 0 radical (unpaired) electrons. The van der Waals surface area contributed by atoms with Crippen LogP contribution in [-0.4, -0.2) is 26.4 Å². The molecule has 158 valence electrons. The highest BCUT2D eigenvalue weighted by atomic mass is 32.2. The molecule has 1 heterocycles. The number of nitrogens with zero attached hydrogens (tertiary/aromatic N) is 3. The largest absolute Gasteiger partial charge is 0.378 e. The van der Waals surface area contributed by atoms with Gasteiger partial charge in [0.05, 0.1) is 12.3 Å². The van der Waals surface area contributed by atoms with Crippen LogP contribution >= 0.6 is 11.8 Å². The van der Waals surface area contributed by atoms with E-state index in [0.29, 0.717) is 11.7 Å². The monoisotopic (exact) mass is 427 g/mol. The van der Waals surface area contributed by atoms with Gasteiger partial charge in [0.1, 0.15) is 5.82 Å². The minimum atomic E-state index is -0.274. The number of anilines is 2. The van der Waals surface area contributed by atoms with Crippen LogP contribution in [0.1, 0.15) is 30.8 Å². The molecule has 3 aromatic rings. The van der Waals surface area contributed by atoms with Crippen molar-refractivity contribution in [3.63, 3.8) is 0 Å². The third kappa shape index (κ3) is 5.38. The molecule has 1 aromatic heterocycles. The second-order valence-corrected chi connectivity index (χ2v) is 7.76. The lowest BCUT2D eigenvalue weighted by Gasteiger charge is -2.14. The number of benzene rings is 2. The lowest BCUT2D eigenvalue weighted by molar-refractivity contribution is -0.113. The Morgan fingerprint density at radius 2 is 1.73 bits per heavy atom. The Kier molecular flexibility index (Phi) is 7.46. The number of halogens is 1. The predicted octanol–water partition coefficient (Wildman–Crippen LogP) is 4.42. The highest BCUT2D eigenvalue weighted by Gasteiger charge is 2.14. The van der Waals surface area contributed by atoms with E-state index < -0.39 is 0 Å². The highest BCUT2D eigenvalue weighted by molar-refractivity contribution is 7.99. The van der Waals surface area contributed by atoms with E-state index in [4.69, 9.17) is 0 Å². The van der Waals surface area contributed by atoms with Gasteiger partial charge in [-0.25, -0.2) is 4.39 Å². The van der Waals surface area contributed by atoms with Crippen molar-refractivity contribution in [2.24, 2.45) is 7.05 Å². The van der Waals surface area contributed by atoms with Crippen LogP contribution in [0.5, 0.6) is 0 Å². The number of carbonyl (C=O) groups excluding carboxylic acids is 1. The van der Waals surface area contributed by atoms with Gasteiger partial charge < -0.3 is 15.2 Å². The van der Waals surface area contributed by atoms with Gasteiger partial charge in [-0.1, -0.05) is 43.8 Å².